The number of rotatable bonds is 1. The molecule has 0 aliphatic rings. The fourth-order valence-corrected chi connectivity index (χ4v) is 1.60. The van der Waals surface area contributed by atoms with Crippen LogP contribution in [0.15, 0.2) is 18.2 Å². The largest absolute Gasteiger partial charge is 0.508 e. The summed E-state index contributed by atoms with van der Waals surface area (Å²) >= 11 is 0. The Morgan fingerprint density at radius 3 is 1.95 bits per heavy atom. The summed E-state index contributed by atoms with van der Waals surface area (Å²) in [4.78, 5) is 0. The smallest absolute Gasteiger partial charge is 0.205 e. The maximum atomic E-state index is 13.7. The highest BCUT2D eigenvalue weighted by Gasteiger charge is 2.27. The lowest BCUT2D eigenvalue weighted by atomic mass is 10.0. The molecule has 2 aromatic carbocycles. The first-order valence-electron chi connectivity index (χ1n) is 4.95. The van der Waals surface area contributed by atoms with E-state index in [4.69, 9.17) is 10.2 Å². The van der Waals surface area contributed by atoms with Crippen LogP contribution in [0.1, 0.15) is 0 Å². The van der Waals surface area contributed by atoms with Crippen molar-refractivity contribution in [3.8, 4) is 34.1 Å². The van der Waals surface area contributed by atoms with E-state index in [1.54, 1.807) is 0 Å². The van der Waals surface area contributed by atoms with Crippen LogP contribution in [-0.4, -0.2) is 20.4 Å². The number of phenolic OH excluding ortho intramolecular Hbond substituents is 4. The molecule has 4 N–H and O–H groups in total. The number of benzene rings is 2. The topological polar surface area (TPSA) is 80.9 Å². The number of phenols is 4. The minimum absolute atomic E-state index is 0.431. The molecule has 2 aromatic rings. The van der Waals surface area contributed by atoms with E-state index in [-0.39, 0.29) is 0 Å². The van der Waals surface area contributed by atoms with Crippen LogP contribution in [0.5, 0.6) is 23.0 Å². The molecule has 0 spiro atoms. The zero-order valence-electron chi connectivity index (χ0n) is 9.15. The Morgan fingerprint density at radius 2 is 1.32 bits per heavy atom. The molecule has 0 radical (unpaired) electrons. The van der Waals surface area contributed by atoms with Crippen LogP contribution in [0.25, 0.3) is 11.1 Å². The average Bonchev–Trinajstić information content (AvgIpc) is 2.38. The number of hydrogen-bond acceptors (Lipinski definition) is 4. The third-order valence-corrected chi connectivity index (χ3v) is 2.52. The van der Waals surface area contributed by atoms with E-state index in [9.17, 15) is 23.4 Å². The standard InChI is InChI=1S/C12H7F3O4/c13-8-7(5-3-4(16)1-2-6(5)17)9(14)11(18)12(19)10(8)15/h1-3,16-19H. The van der Waals surface area contributed by atoms with Crippen LogP contribution >= 0.6 is 0 Å². The zero-order valence-corrected chi connectivity index (χ0v) is 9.15. The van der Waals surface area contributed by atoms with Gasteiger partial charge in [-0.05, 0) is 18.2 Å². The minimum atomic E-state index is -1.86. The SMILES string of the molecule is Oc1ccc(O)c(-c2c(F)c(O)c(O)c(F)c2F)c1. The second-order valence-corrected chi connectivity index (χ2v) is 3.72. The van der Waals surface area contributed by atoms with E-state index in [2.05, 4.69) is 0 Å². The second kappa shape index (κ2) is 4.27. The van der Waals surface area contributed by atoms with Gasteiger partial charge in [-0.15, -0.1) is 0 Å². The van der Waals surface area contributed by atoms with E-state index in [0.717, 1.165) is 18.2 Å². The fraction of sp³-hybridized carbons (Fsp3) is 0. The molecule has 0 aliphatic carbocycles. The number of aromatic hydroxyl groups is 4. The summed E-state index contributed by atoms with van der Waals surface area (Å²) in [5, 5.41) is 36.8. The minimum Gasteiger partial charge on any atom is -0.508 e. The highest BCUT2D eigenvalue weighted by Crippen LogP contribution is 2.43. The van der Waals surface area contributed by atoms with E-state index in [1.165, 1.54) is 0 Å². The maximum Gasteiger partial charge on any atom is 0.205 e. The van der Waals surface area contributed by atoms with Gasteiger partial charge in [0.05, 0.1) is 5.56 Å². The highest BCUT2D eigenvalue weighted by atomic mass is 19.2. The summed E-state index contributed by atoms with van der Waals surface area (Å²) in [6.07, 6.45) is 0. The second-order valence-electron chi connectivity index (χ2n) is 3.72. The van der Waals surface area contributed by atoms with Crippen molar-refractivity contribution in [1.82, 2.24) is 0 Å². The van der Waals surface area contributed by atoms with Crippen molar-refractivity contribution in [1.29, 1.82) is 0 Å². The van der Waals surface area contributed by atoms with Crippen LogP contribution < -0.4 is 0 Å². The van der Waals surface area contributed by atoms with Crippen molar-refractivity contribution in [2.24, 2.45) is 0 Å². The molecule has 0 amide bonds. The van der Waals surface area contributed by atoms with Crippen molar-refractivity contribution < 1.29 is 33.6 Å². The van der Waals surface area contributed by atoms with E-state index < -0.39 is 51.6 Å². The predicted octanol–water partition coefficient (Wildman–Crippen LogP) is 2.59. The molecule has 19 heavy (non-hydrogen) atoms. The Bertz CT molecular complexity index is 642. The van der Waals surface area contributed by atoms with Gasteiger partial charge >= 0.3 is 0 Å². The summed E-state index contributed by atoms with van der Waals surface area (Å²) in [5.74, 6) is -9.45. The molecule has 7 heteroatoms. The summed E-state index contributed by atoms with van der Waals surface area (Å²) in [6, 6.07) is 2.77. The predicted molar refractivity (Wildman–Crippen MR) is 58.4 cm³/mol. The Morgan fingerprint density at radius 1 is 0.737 bits per heavy atom. The van der Waals surface area contributed by atoms with Gasteiger partial charge in [0.25, 0.3) is 0 Å². The van der Waals surface area contributed by atoms with Crippen molar-refractivity contribution in [3.05, 3.63) is 35.7 Å². The van der Waals surface area contributed by atoms with Crippen molar-refractivity contribution in [3.63, 3.8) is 0 Å². The highest BCUT2D eigenvalue weighted by molar-refractivity contribution is 5.75. The molecule has 0 saturated heterocycles. The first-order chi connectivity index (χ1) is 8.84. The molecule has 0 atom stereocenters. The maximum absolute atomic E-state index is 13.7. The summed E-state index contributed by atoms with van der Waals surface area (Å²) in [6.45, 7) is 0. The van der Waals surface area contributed by atoms with Crippen LogP contribution in [-0.2, 0) is 0 Å². The molecular weight excluding hydrogens is 265 g/mol. The lowest BCUT2D eigenvalue weighted by Crippen LogP contribution is -1.96. The summed E-state index contributed by atoms with van der Waals surface area (Å²) < 4.78 is 40.6. The van der Waals surface area contributed by atoms with Gasteiger partial charge < -0.3 is 20.4 Å². The lowest BCUT2D eigenvalue weighted by Gasteiger charge is -2.11. The van der Waals surface area contributed by atoms with E-state index >= 15 is 0 Å². The third-order valence-electron chi connectivity index (χ3n) is 2.52. The number of halogens is 3. The Labute approximate surface area is 104 Å². The monoisotopic (exact) mass is 272 g/mol. The molecule has 0 aromatic heterocycles. The summed E-state index contributed by atoms with van der Waals surface area (Å²) in [5.41, 5.74) is -1.66. The molecule has 0 aliphatic heterocycles. The van der Waals surface area contributed by atoms with Gasteiger partial charge in [-0.1, -0.05) is 0 Å². The van der Waals surface area contributed by atoms with Gasteiger partial charge in [-0.25, -0.2) is 8.78 Å². The molecule has 0 bridgehead atoms. The lowest BCUT2D eigenvalue weighted by molar-refractivity contribution is 0.345. The summed E-state index contributed by atoms with van der Waals surface area (Å²) in [7, 11) is 0. The average molecular weight is 272 g/mol. The quantitative estimate of drug-likeness (QED) is 0.365. The van der Waals surface area contributed by atoms with Crippen molar-refractivity contribution in [2.45, 2.75) is 0 Å². The van der Waals surface area contributed by atoms with Crippen LogP contribution in [0.3, 0.4) is 0 Å². The van der Waals surface area contributed by atoms with E-state index in [0.29, 0.717) is 0 Å². The normalized spacial score (nSPS) is 10.7. The Balaban J connectivity index is 2.87. The third kappa shape index (κ3) is 1.88. The molecule has 0 saturated carbocycles. The van der Waals surface area contributed by atoms with Crippen LogP contribution in [0.4, 0.5) is 13.2 Å². The Kier molecular flexibility index (Phi) is 2.89. The molecule has 4 nitrogen and oxygen atoms in total. The molecule has 2 rings (SSSR count). The van der Waals surface area contributed by atoms with Gasteiger partial charge in [0.1, 0.15) is 11.5 Å². The van der Waals surface area contributed by atoms with Crippen LogP contribution in [0, 0.1) is 17.5 Å². The van der Waals surface area contributed by atoms with Gasteiger partial charge in [0.2, 0.25) is 5.82 Å². The Hall–Kier alpha value is -2.57. The van der Waals surface area contributed by atoms with Gasteiger partial charge in [0.15, 0.2) is 23.1 Å². The first kappa shape index (κ1) is 12.9. The van der Waals surface area contributed by atoms with Crippen LogP contribution in [0.2, 0.25) is 0 Å². The number of hydrogen-bond donors (Lipinski definition) is 4. The van der Waals surface area contributed by atoms with Crippen molar-refractivity contribution in [2.75, 3.05) is 0 Å². The fourth-order valence-electron chi connectivity index (χ4n) is 1.60. The first-order valence-corrected chi connectivity index (χ1v) is 4.95. The van der Waals surface area contributed by atoms with Gasteiger partial charge in [0, 0.05) is 5.56 Å². The molecule has 0 fully saturated rings. The van der Waals surface area contributed by atoms with E-state index in [1.807, 2.05) is 0 Å². The molecule has 0 heterocycles. The molecule has 100 valence electrons. The van der Waals surface area contributed by atoms with Gasteiger partial charge in [-0.3, -0.25) is 0 Å². The zero-order chi connectivity index (χ0) is 14.3. The van der Waals surface area contributed by atoms with Gasteiger partial charge in [-0.2, -0.15) is 4.39 Å². The van der Waals surface area contributed by atoms with Crippen molar-refractivity contribution >= 4 is 0 Å². The molecular formula is C12H7F3O4. The molecule has 0 unspecified atom stereocenters.